The number of hydrogen-bond acceptors (Lipinski definition) is 3. The van der Waals surface area contributed by atoms with Crippen LogP contribution in [-0.2, 0) is 14.4 Å². The van der Waals surface area contributed by atoms with Crippen LogP contribution < -0.4 is 5.73 Å². The molecule has 3 N–H and O–H groups in total. The fourth-order valence-corrected chi connectivity index (χ4v) is 1.63. The Labute approximate surface area is 92.7 Å². The second kappa shape index (κ2) is 5.29. The topological polar surface area (TPSA) is 101 Å². The van der Waals surface area contributed by atoms with Crippen molar-refractivity contribution in [2.75, 3.05) is 13.1 Å². The zero-order chi connectivity index (χ0) is 12.1. The zero-order valence-electron chi connectivity index (χ0n) is 8.76. The van der Waals surface area contributed by atoms with Crippen LogP contribution in [0.1, 0.15) is 12.8 Å². The van der Waals surface area contributed by atoms with Crippen LogP contribution in [0.15, 0.2) is 12.2 Å². The van der Waals surface area contributed by atoms with E-state index in [-0.39, 0.29) is 17.7 Å². The number of nitrogens with zero attached hydrogens (tertiary/aromatic N) is 1. The van der Waals surface area contributed by atoms with Gasteiger partial charge >= 0.3 is 5.97 Å². The molecule has 0 atom stereocenters. The average molecular weight is 226 g/mol. The summed E-state index contributed by atoms with van der Waals surface area (Å²) in [5.41, 5.74) is 5.15. The van der Waals surface area contributed by atoms with Crippen LogP contribution in [-0.4, -0.2) is 40.9 Å². The lowest BCUT2D eigenvalue weighted by atomic mass is 9.96. The molecular weight excluding hydrogens is 212 g/mol. The summed E-state index contributed by atoms with van der Waals surface area (Å²) in [7, 11) is 0. The molecule has 1 saturated heterocycles. The van der Waals surface area contributed by atoms with Crippen molar-refractivity contribution in [2.24, 2.45) is 11.7 Å². The quantitative estimate of drug-likeness (QED) is 0.624. The zero-order valence-corrected chi connectivity index (χ0v) is 8.76. The Bertz CT molecular complexity index is 330. The first-order valence-corrected chi connectivity index (χ1v) is 5.00. The summed E-state index contributed by atoms with van der Waals surface area (Å²) in [5.74, 6) is -2.01. The van der Waals surface area contributed by atoms with Gasteiger partial charge in [0.15, 0.2) is 0 Å². The number of likely N-dealkylation sites (tertiary alicyclic amines) is 1. The number of amides is 2. The largest absolute Gasteiger partial charge is 0.478 e. The van der Waals surface area contributed by atoms with E-state index in [2.05, 4.69) is 0 Å². The van der Waals surface area contributed by atoms with Crippen LogP contribution in [0.25, 0.3) is 0 Å². The molecule has 1 rings (SSSR count). The molecule has 0 unspecified atom stereocenters. The van der Waals surface area contributed by atoms with Crippen molar-refractivity contribution in [3.05, 3.63) is 12.2 Å². The molecule has 6 heteroatoms. The predicted octanol–water partition coefficient (Wildman–Crippen LogP) is -0.649. The van der Waals surface area contributed by atoms with Gasteiger partial charge in [-0.1, -0.05) is 0 Å². The van der Waals surface area contributed by atoms with Crippen molar-refractivity contribution >= 4 is 17.8 Å². The molecule has 1 fully saturated rings. The minimum absolute atomic E-state index is 0.174. The van der Waals surface area contributed by atoms with E-state index in [9.17, 15) is 14.4 Å². The number of piperidine rings is 1. The van der Waals surface area contributed by atoms with E-state index in [1.54, 1.807) is 0 Å². The minimum atomic E-state index is -1.15. The first-order chi connectivity index (χ1) is 7.50. The van der Waals surface area contributed by atoms with E-state index in [1.165, 1.54) is 4.90 Å². The lowest BCUT2D eigenvalue weighted by Crippen LogP contribution is -2.41. The highest BCUT2D eigenvalue weighted by Gasteiger charge is 2.24. The third-order valence-corrected chi connectivity index (χ3v) is 2.58. The molecule has 0 radical (unpaired) electrons. The molecule has 6 nitrogen and oxygen atoms in total. The number of carbonyl (C=O) groups excluding carboxylic acids is 2. The van der Waals surface area contributed by atoms with Crippen LogP contribution in [0, 0.1) is 5.92 Å². The molecule has 0 bridgehead atoms. The fourth-order valence-electron chi connectivity index (χ4n) is 1.63. The second-order valence-electron chi connectivity index (χ2n) is 3.67. The van der Waals surface area contributed by atoms with Crippen molar-refractivity contribution in [2.45, 2.75) is 12.8 Å². The molecule has 16 heavy (non-hydrogen) atoms. The van der Waals surface area contributed by atoms with Gasteiger partial charge in [-0.15, -0.1) is 0 Å². The van der Waals surface area contributed by atoms with Gasteiger partial charge in [0.25, 0.3) is 0 Å². The smallest absolute Gasteiger partial charge is 0.328 e. The highest BCUT2D eigenvalue weighted by Crippen LogP contribution is 2.16. The number of aliphatic carboxylic acids is 1. The van der Waals surface area contributed by atoms with Crippen molar-refractivity contribution in [1.29, 1.82) is 0 Å². The lowest BCUT2D eigenvalue weighted by molar-refractivity contribution is -0.133. The molecule has 0 aromatic carbocycles. The van der Waals surface area contributed by atoms with Crippen LogP contribution >= 0.6 is 0 Å². The Balaban J connectivity index is 2.44. The molecule has 0 saturated carbocycles. The Morgan fingerprint density at radius 3 is 2.19 bits per heavy atom. The molecule has 0 aromatic heterocycles. The second-order valence-corrected chi connectivity index (χ2v) is 3.67. The maximum atomic E-state index is 11.4. The summed E-state index contributed by atoms with van der Waals surface area (Å²) < 4.78 is 0. The van der Waals surface area contributed by atoms with Crippen molar-refractivity contribution in [3.8, 4) is 0 Å². The number of carboxylic acid groups (broad SMARTS) is 1. The Morgan fingerprint density at radius 2 is 1.75 bits per heavy atom. The maximum absolute atomic E-state index is 11.4. The number of carboxylic acids is 1. The summed E-state index contributed by atoms with van der Waals surface area (Å²) >= 11 is 0. The SMILES string of the molecule is NC(=O)C1CCN(C(=O)C=CC(=O)O)CC1. The molecule has 1 aliphatic heterocycles. The number of primary amides is 1. The number of hydrogen-bond donors (Lipinski definition) is 2. The number of carbonyl (C=O) groups is 3. The highest BCUT2D eigenvalue weighted by atomic mass is 16.4. The molecule has 0 spiro atoms. The summed E-state index contributed by atoms with van der Waals surface area (Å²) in [6.45, 7) is 0.882. The van der Waals surface area contributed by atoms with Gasteiger partial charge in [0.05, 0.1) is 0 Å². The number of rotatable bonds is 3. The van der Waals surface area contributed by atoms with Gasteiger partial charge < -0.3 is 15.7 Å². The van der Waals surface area contributed by atoms with Crippen LogP contribution in [0.5, 0.6) is 0 Å². The van der Waals surface area contributed by atoms with Crippen LogP contribution in [0.2, 0.25) is 0 Å². The average Bonchev–Trinajstić information content (AvgIpc) is 2.26. The minimum Gasteiger partial charge on any atom is -0.478 e. The van der Waals surface area contributed by atoms with Crippen LogP contribution in [0.3, 0.4) is 0 Å². The van der Waals surface area contributed by atoms with Gasteiger partial charge in [0, 0.05) is 31.2 Å². The van der Waals surface area contributed by atoms with Crippen LogP contribution in [0.4, 0.5) is 0 Å². The van der Waals surface area contributed by atoms with Gasteiger partial charge in [-0.2, -0.15) is 0 Å². The van der Waals surface area contributed by atoms with E-state index in [4.69, 9.17) is 10.8 Å². The van der Waals surface area contributed by atoms with Gasteiger partial charge in [-0.3, -0.25) is 9.59 Å². The van der Waals surface area contributed by atoms with Crippen molar-refractivity contribution in [1.82, 2.24) is 4.90 Å². The molecule has 1 heterocycles. The lowest BCUT2D eigenvalue weighted by Gasteiger charge is -2.29. The predicted molar refractivity (Wildman–Crippen MR) is 55.3 cm³/mol. The summed E-state index contributed by atoms with van der Waals surface area (Å²) in [5, 5.41) is 8.36. The van der Waals surface area contributed by atoms with Gasteiger partial charge in [0.2, 0.25) is 11.8 Å². The Hall–Kier alpha value is -1.85. The molecule has 2 amide bonds. The van der Waals surface area contributed by atoms with Gasteiger partial charge in [0.1, 0.15) is 0 Å². The monoisotopic (exact) mass is 226 g/mol. The van der Waals surface area contributed by atoms with E-state index < -0.39 is 5.97 Å². The van der Waals surface area contributed by atoms with E-state index in [1.807, 2.05) is 0 Å². The molecule has 88 valence electrons. The molecule has 0 aromatic rings. The molecule has 0 aliphatic carbocycles. The Morgan fingerprint density at radius 1 is 1.19 bits per heavy atom. The third-order valence-electron chi connectivity index (χ3n) is 2.58. The fraction of sp³-hybridized carbons (Fsp3) is 0.500. The van der Waals surface area contributed by atoms with Crippen molar-refractivity contribution < 1.29 is 19.5 Å². The normalized spacial score (nSPS) is 17.6. The molecule has 1 aliphatic rings. The van der Waals surface area contributed by atoms with Crippen molar-refractivity contribution in [3.63, 3.8) is 0 Å². The van der Waals surface area contributed by atoms with E-state index in [0.29, 0.717) is 25.9 Å². The van der Waals surface area contributed by atoms with E-state index >= 15 is 0 Å². The maximum Gasteiger partial charge on any atom is 0.328 e. The number of nitrogens with two attached hydrogens (primary N) is 1. The van der Waals surface area contributed by atoms with E-state index in [0.717, 1.165) is 12.2 Å². The standard InChI is InChI=1S/C10H14N2O4/c11-10(16)7-3-5-12(6-4-7)8(13)1-2-9(14)15/h1-2,7H,3-6H2,(H2,11,16)(H,14,15). The first-order valence-electron chi connectivity index (χ1n) is 5.00. The highest BCUT2D eigenvalue weighted by molar-refractivity contribution is 5.94. The Kier molecular flexibility index (Phi) is 4.04. The van der Waals surface area contributed by atoms with Gasteiger partial charge in [-0.25, -0.2) is 4.79 Å². The third kappa shape index (κ3) is 3.38. The summed E-state index contributed by atoms with van der Waals surface area (Å²) in [6, 6.07) is 0. The van der Waals surface area contributed by atoms with Gasteiger partial charge in [-0.05, 0) is 12.8 Å². The molecular formula is C10H14N2O4. The first kappa shape index (κ1) is 12.2. The summed E-state index contributed by atoms with van der Waals surface area (Å²) in [6.07, 6.45) is 2.92. The summed E-state index contributed by atoms with van der Waals surface area (Å²) in [4.78, 5) is 34.0.